The fourth-order valence-electron chi connectivity index (χ4n) is 2.07. The molecule has 0 saturated heterocycles. The molecule has 0 aromatic rings. The Balaban J connectivity index is 3.46. The second-order valence-electron chi connectivity index (χ2n) is 6.97. The van der Waals surface area contributed by atoms with E-state index >= 15 is 0 Å². The lowest BCUT2D eigenvalue weighted by molar-refractivity contribution is -0.870. The molecule has 0 aliphatic carbocycles. The number of quaternary nitrogens is 1. The van der Waals surface area contributed by atoms with Crippen LogP contribution in [0.25, 0.3) is 0 Å². The summed E-state index contributed by atoms with van der Waals surface area (Å²) in [7, 11) is 1.96. The molecule has 148 valence electrons. The number of carbonyl (C=O) groups excluding carboxylic acids is 1. The molecule has 0 aliphatic heterocycles. The quantitative estimate of drug-likeness (QED) is 0.135. The molecule has 0 radical (unpaired) electrons. The number of hydrogen-bond donors (Lipinski definition) is 0. The summed E-state index contributed by atoms with van der Waals surface area (Å²) in [5.74, 6) is -0.390. The standard InChI is InChI=1S/C17H34NO6P/c1-5-17(19)22-14-10-8-6-7-9-11-15-23-25(20,21)24-16-12-13-18(2,3)4/h5H,1,6-16H2,2-4H3. The van der Waals surface area contributed by atoms with Gasteiger partial charge in [0, 0.05) is 12.5 Å². The Morgan fingerprint density at radius 3 is 1.96 bits per heavy atom. The van der Waals surface area contributed by atoms with Crippen LogP contribution in [0.1, 0.15) is 44.9 Å². The minimum absolute atomic E-state index is 0.159. The van der Waals surface area contributed by atoms with Gasteiger partial charge in [-0.15, -0.1) is 0 Å². The van der Waals surface area contributed by atoms with Crippen LogP contribution in [0.2, 0.25) is 0 Å². The zero-order chi connectivity index (χ0) is 19.2. The SMILES string of the molecule is C=CC(=O)OCCCCCCCCOP(=O)([O-])OCCC[N+](C)(C)C. The van der Waals surface area contributed by atoms with Crippen molar-refractivity contribution in [3.8, 4) is 0 Å². The lowest BCUT2D eigenvalue weighted by atomic mass is 10.1. The molecule has 0 N–H and O–H groups in total. The first-order chi connectivity index (χ1) is 11.7. The summed E-state index contributed by atoms with van der Waals surface area (Å²) in [4.78, 5) is 22.4. The Morgan fingerprint density at radius 1 is 0.960 bits per heavy atom. The molecule has 7 nitrogen and oxygen atoms in total. The van der Waals surface area contributed by atoms with Crippen LogP contribution in [-0.2, 0) is 23.1 Å². The third-order valence-corrected chi connectivity index (χ3v) is 4.42. The average molecular weight is 379 g/mol. The number of phosphoric ester groups is 1. The van der Waals surface area contributed by atoms with Crippen molar-refractivity contribution in [3.63, 3.8) is 0 Å². The van der Waals surface area contributed by atoms with Gasteiger partial charge in [0.1, 0.15) is 0 Å². The summed E-state index contributed by atoms with van der Waals surface area (Å²) in [6, 6.07) is 0. The van der Waals surface area contributed by atoms with Crippen molar-refractivity contribution in [1.82, 2.24) is 0 Å². The average Bonchev–Trinajstić information content (AvgIpc) is 2.52. The van der Waals surface area contributed by atoms with Crippen LogP contribution in [0.15, 0.2) is 12.7 Å². The Bertz CT molecular complexity index is 422. The maximum absolute atomic E-state index is 11.6. The summed E-state index contributed by atoms with van der Waals surface area (Å²) >= 11 is 0. The summed E-state index contributed by atoms with van der Waals surface area (Å²) in [6.07, 6.45) is 7.21. The molecule has 1 atom stereocenters. The van der Waals surface area contributed by atoms with Crippen LogP contribution < -0.4 is 4.89 Å². The molecule has 0 aliphatic rings. The minimum Gasteiger partial charge on any atom is -0.756 e. The van der Waals surface area contributed by atoms with Gasteiger partial charge in [0.05, 0.1) is 47.5 Å². The molecule has 0 fully saturated rings. The zero-order valence-electron chi connectivity index (χ0n) is 15.9. The van der Waals surface area contributed by atoms with E-state index in [1.54, 1.807) is 0 Å². The third-order valence-electron chi connectivity index (χ3n) is 3.42. The van der Waals surface area contributed by atoms with E-state index < -0.39 is 7.82 Å². The van der Waals surface area contributed by atoms with Crippen molar-refractivity contribution in [2.45, 2.75) is 44.9 Å². The molecule has 0 aromatic carbocycles. The van der Waals surface area contributed by atoms with Gasteiger partial charge in [-0.2, -0.15) is 0 Å². The molecule has 25 heavy (non-hydrogen) atoms. The number of nitrogens with zero attached hydrogens (tertiary/aromatic N) is 1. The molecule has 0 aromatic heterocycles. The van der Waals surface area contributed by atoms with Crippen molar-refractivity contribution >= 4 is 13.8 Å². The fraction of sp³-hybridized carbons (Fsp3) is 0.824. The number of phosphoric acid groups is 1. The topological polar surface area (TPSA) is 84.9 Å². The lowest BCUT2D eigenvalue weighted by Crippen LogP contribution is -2.35. The second-order valence-corrected chi connectivity index (χ2v) is 8.38. The molecule has 0 heterocycles. The van der Waals surface area contributed by atoms with Gasteiger partial charge < -0.3 is 23.2 Å². The number of ether oxygens (including phenoxy) is 1. The second kappa shape index (κ2) is 13.5. The van der Waals surface area contributed by atoms with Gasteiger partial charge in [0.15, 0.2) is 0 Å². The van der Waals surface area contributed by atoms with Gasteiger partial charge in [-0.25, -0.2) is 4.79 Å². The molecule has 0 rings (SSSR count). The Kier molecular flexibility index (Phi) is 13.1. The van der Waals surface area contributed by atoms with Gasteiger partial charge in [-0.1, -0.05) is 32.3 Å². The number of carbonyl (C=O) groups is 1. The maximum atomic E-state index is 11.6. The van der Waals surface area contributed by atoms with E-state index in [0.29, 0.717) is 19.4 Å². The van der Waals surface area contributed by atoms with Gasteiger partial charge >= 0.3 is 5.97 Å². The van der Waals surface area contributed by atoms with E-state index in [-0.39, 0.29) is 19.2 Å². The van der Waals surface area contributed by atoms with E-state index in [1.165, 1.54) is 0 Å². The normalized spacial score (nSPS) is 14.1. The molecule has 8 heteroatoms. The van der Waals surface area contributed by atoms with Gasteiger partial charge in [-0.05, 0) is 12.8 Å². The number of hydrogen-bond acceptors (Lipinski definition) is 6. The van der Waals surface area contributed by atoms with E-state index in [2.05, 4.69) is 6.58 Å². The first-order valence-electron chi connectivity index (χ1n) is 8.86. The first-order valence-corrected chi connectivity index (χ1v) is 10.3. The van der Waals surface area contributed by atoms with Crippen LogP contribution in [0.3, 0.4) is 0 Å². The highest BCUT2D eigenvalue weighted by Crippen LogP contribution is 2.38. The van der Waals surface area contributed by atoms with Crippen LogP contribution in [0, 0.1) is 0 Å². The Hall–Kier alpha value is -0.720. The summed E-state index contributed by atoms with van der Waals surface area (Å²) < 4.78 is 26.9. The van der Waals surface area contributed by atoms with Gasteiger partial charge in [0.25, 0.3) is 7.82 Å². The molecular formula is C17H34NO6P. The minimum atomic E-state index is -4.17. The monoisotopic (exact) mass is 379 g/mol. The number of rotatable bonds is 16. The predicted molar refractivity (Wildman–Crippen MR) is 95.9 cm³/mol. The van der Waals surface area contributed by atoms with Crippen LogP contribution in [0.4, 0.5) is 0 Å². The van der Waals surface area contributed by atoms with Crippen molar-refractivity contribution in [2.24, 2.45) is 0 Å². The lowest BCUT2D eigenvalue weighted by Gasteiger charge is -2.26. The number of esters is 1. The summed E-state index contributed by atoms with van der Waals surface area (Å²) in [6.45, 7) is 4.90. The zero-order valence-corrected chi connectivity index (χ0v) is 16.8. The molecule has 0 bridgehead atoms. The van der Waals surface area contributed by atoms with E-state index in [0.717, 1.165) is 49.2 Å². The summed E-state index contributed by atoms with van der Waals surface area (Å²) in [5.41, 5.74) is 0. The maximum Gasteiger partial charge on any atom is 0.330 e. The predicted octanol–water partition coefficient (Wildman–Crippen LogP) is 2.65. The molecule has 0 spiro atoms. The number of unbranched alkanes of at least 4 members (excludes halogenated alkanes) is 5. The van der Waals surface area contributed by atoms with Crippen molar-refractivity contribution in [1.29, 1.82) is 0 Å². The van der Waals surface area contributed by atoms with Gasteiger partial charge in [-0.3, -0.25) is 4.57 Å². The highest BCUT2D eigenvalue weighted by Gasteiger charge is 2.11. The molecule has 0 saturated carbocycles. The van der Waals surface area contributed by atoms with E-state index in [9.17, 15) is 14.3 Å². The van der Waals surface area contributed by atoms with Crippen LogP contribution in [0.5, 0.6) is 0 Å². The van der Waals surface area contributed by atoms with E-state index in [1.807, 2.05) is 21.1 Å². The third kappa shape index (κ3) is 17.9. The Labute approximate surface area is 152 Å². The molecule has 0 amide bonds. The summed E-state index contributed by atoms with van der Waals surface area (Å²) in [5, 5.41) is 0. The van der Waals surface area contributed by atoms with Crippen molar-refractivity contribution in [3.05, 3.63) is 12.7 Å². The fourth-order valence-corrected chi connectivity index (χ4v) is 2.85. The first kappa shape index (κ1) is 24.3. The van der Waals surface area contributed by atoms with Crippen LogP contribution in [-0.4, -0.2) is 58.0 Å². The largest absolute Gasteiger partial charge is 0.756 e. The highest BCUT2D eigenvalue weighted by atomic mass is 31.2. The molecular weight excluding hydrogens is 345 g/mol. The molecule has 1 unspecified atom stereocenters. The van der Waals surface area contributed by atoms with Crippen molar-refractivity contribution in [2.75, 3.05) is 47.5 Å². The van der Waals surface area contributed by atoms with Gasteiger partial charge in [0.2, 0.25) is 0 Å². The van der Waals surface area contributed by atoms with E-state index in [4.69, 9.17) is 13.8 Å². The smallest absolute Gasteiger partial charge is 0.330 e. The highest BCUT2D eigenvalue weighted by molar-refractivity contribution is 7.45. The van der Waals surface area contributed by atoms with Crippen molar-refractivity contribution < 1.29 is 32.5 Å². The van der Waals surface area contributed by atoms with Crippen LogP contribution >= 0.6 is 7.82 Å². The Morgan fingerprint density at radius 2 is 1.44 bits per heavy atom.